The molecule has 0 aromatic heterocycles. The number of ketones is 1. The molecule has 0 amide bonds. The molecule has 0 bridgehead atoms. The number of hydrazone groups is 1. The Bertz CT molecular complexity index is 1100. The SMILES string of the molecule is CCOP(=O)(OCC)C1(P(=O)(OCC)OCC)CC(C(=O)c2ccc(Oc3ccccc3)cc2)=NN1. The van der Waals surface area contributed by atoms with Crippen molar-refractivity contribution < 1.29 is 36.8 Å². The lowest BCUT2D eigenvalue weighted by Gasteiger charge is -2.38. The molecule has 2 aromatic carbocycles. The molecule has 12 heteroatoms. The monoisotopic (exact) mass is 538 g/mol. The van der Waals surface area contributed by atoms with Crippen LogP contribution in [0.4, 0.5) is 0 Å². The van der Waals surface area contributed by atoms with Gasteiger partial charge in [0.2, 0.25) is 5.78 Å². The van der Waals surface area contributed by atoms with Gasteiger partial charge in [0.05, 0.1) is 26.4 Å². The molecular formula is C24H32N2O8P2. The van der Waals surface area contributed by atoms with Crippen LogP contribution in [0.2, 0.25) is 0 Å². The van der Waals surface area contributed by atoms with Crippen LogP contribution in [-0.2, 0) is 27.2 Å². The van der Waals surface area contributed by atoms with Gasteiger partial charge in [-0.1, -0.05) is 18.2 Å². The summed E-state index contributed by atoms with van der Waals surface area (Å²) in [6.07, 6.45) is -0.345. The fourth-order valence-corrected chi connectivity index (χ4v) is 9.00. The quantitative estimate of drug-likeness (QED) is 0.221. The summed E-state index contributed by atoms with van der Waals surface area (Å²) in [6.45, 7) is 6.55. The first-order valence-electron chi connectivity index (χ1n) is 11.8. The molecule has 1 aliphatic rings. The van der Waals surface area contributed by atoms with Crippen LogP contribution in [0.3, 0.4) is 0 Å². The third-order valence-corrected chi connectivity index (χ3v) is 11.4. The third-order valence-electron chi connectivity index (χ3n) is 5.24. The molecule has 0 unspecified atom stereocenters. The number of carbonyl (C=O) groups excluding carboxylic acids is 1. The fourth-order valence-electron chi connectivity index (χ4n) is 3.71. The minimum Gasteiger partial charge on any atom is -0.457 e. The van der Waals surface area contributed by atoms with Gasteiger partial charge in [-0.15, -0.1) is 0 Å². The van der Waals surface area contributed by atoms with E-state index in [9.17, 15) is 13.9 Å². The van der Waals surface area contributed by atoms with Crippen molar-refractivity contribution in [3.63, 3.8) is 0 Å². The zero-order chi connectivity index (χ0) is 26.2. The molecule has 0 atom stereocenters. The summed E-state index contributed by atoms with van der Waals surface area (Å²) in [7, 11) is -8.41. The highest BCUT2D eigenvalue weighted by atomic mass is 31.2. The van der Waals surface area contributed by atoms with Crippen molar-refractivity contribution in [3.8, 4) is 11.5 Å². The van der Waals surface area contributed by atoms with Gasteiger partial charge in [0.15, 0.2) is 0 Å². The van der Waals surface area contributed by atoms with Gasteiger partial charge in [0.1, 0.15) is 17.2 Å². The van der Waals surface area contributed by atoms with Crippen LogP contribution >= 0.6 is 15.2 Å². The van der Waals surface area contributed by atoms with Gasteiger partial charge < -0.3 is 22.8 Å². The largest absolute Gasteiger partial charge is 0.457 e. The molecule has 0 aliphatic carbocycles. The van der Waals surface area contributed by atoms with Crippen molar-refractivity contribution >= 4 is 26.7 Å². The molecule has 0 saturated heterocycles. The normalized spacial score (nSPS) is 15.3. The van der Waals surface area contributed by atoms with Crippen molar-refractivity contribution in [1.29, 1.82) is 0 Å². The average molecular weight is 538 g/mol. The van der Waals surface area contributed by atoms with Crippen molar-refractivity contribution in [1.82, 2.24) is 5.43 Å². The van der Waals surface area contributed by atoms with Crippen LogP contribution in [-0.4, -0.2) is 42.9 Å². The Labute approximate surface area is 211 Å². The molecule has 196 valence electrons. The summed E-state index contributed by atoms with van der Waals surface area (Å²) < 4.78 is 56.0. The third kappa shape index (κ3) is 5.65. The maximum atomic E-state index is 14.0. The van der Waals surface area contributed by atoms with E-state index in [-0.39, 0.29) is 38.6 Å². The zero-order valence-electron chi connectivity index (χ0n) is 20.8. The van der Waals surface area contributed by atoms with Crippen molar-refractivity contribution in [2.45, 2.75) is 39.1 Å². The van der Waals surface area contributed by atoms with E-state index in [1.807, 2.05) is 30.3 Å². The molecule has 3 rings (SSSR count). The lowest BCUT2D eigenvalue weighted by molar-refractivity contribution is 0.106. The second kappa shape index (κ2) is 12.3. The van der Waals surface area contributed by atoms with Crippen LogP contribution in [0.1, 0.15) is 44.5 Å². The Morgan fingerprint density at radius 1 is 0.806 bits per heavy atom. The van der Waals surface area contributed by atoms with E-state index in [0.29, 0.717) is 17.1 Å². The molecule has 1 aliphatic heterocycles. The van der Waals surface area contributed by atoms with Gasteiger partial charge in [-0.05, 0) is 64.1 Å². The highest BCUT2D eigenvalue weighted by Crippen LogP contribution is 2.78. The van der Waals surface area contributed by atoms with Gasteiger partial charge in [-0.25, -0.2) is 0 Å². The van der Waals surface area contributed by atoms with Gasteiger partial charge >= 0.3 is 15.2 Å². The molecule has 0 saturated carbocycles. The van der Waals surface area contributed by atoms with Gasteiger partial charge in [0, 0.05) is 12.0 Å². The highest BCUT2D eigenvalue weighted by Gasteiger charge is 2.68. The van der Waals surface area contributed by atoms with Gasteiger partial charge in [-0.3, -0.25) is 19.4 Å². The molecular weight excluding hydrogens is 506 g/mol. The minimum absolute atomic E-state index is 0.00507. The predicted molar refractivity (Wildman–Crippen MR) is 137 cm³/mol. The summed E-state index contributed by atoms with van der Waals surface area (Å²) in [5, 5.41) is 2.12. The van der Waals surface area contributed by atoms with Crippen LogP contribution < -0.4 is 10.2 Å². The Hall–Kier alpha value is -2.32. The Morgan fingerprint density at radius 2 is 1.28 bits per heavy atom. The number of benzene rings is 2. The van der Waals surface area contributed by atoms with Crippen LogP contribution in [0.25, 0.3) is 0 Å². The first kappa shape index (κ1) is 28.3. The summed E-state index contributed by atoms with van der Waals surface area (Å²) >= 11 is 0. The summed E-state index contributed by atoms with van der Waals surface area (Å²) in [5.74, 6) is 0.763. The number of Topliss-reactive ketones (excluding diaryl/α,β-unsaturated/α-hetero) is 1. The maximum absolute atomic E-state index is 14.0. The Kier molecular flexibility index (Phi) is 9.64. The zero-order valence-corrected chi connectivity index (χ0v) is 22.6. The minimum atomic E-state index is -4.21. The number of hydrogen-bond donors (Lipinski definition) is 1. The molecule has 2 aromatic rings. The lowest BCUT2D eigenvalue weighted by Crippen LogP contribution is -2.42. The number of para-hydroxylation sites is 1. The first-order valence-corrected chi connectivity index (χ1v) is 14.9. The first-order chi connectivity index (χ1) is 17.3. The van der Waals surface area contributed by atoms with Crippen LogP contribution in [0.15, 0.2) is 59.7 Å². The van der Waals surface area contributed by atoms with Crippen LogP contribution in [0, 0.1) is 0 Å². The summed E-state index contributed by atoms with van der Waals surface area (Å²) in [4.78, 5) is 13.3. The van der Waals surface area contributed by atoms with Crippen molar-refractivity contribution in [3.05, 3.63) is 60.2 Å². The van der Waals surface area contributed by atoms with Crippen LogP contribution in [0.5, 0.6) is 11.5 Å². The second-order valence-corrected chi connectivity index (χ2v) is 12.5. The van der Waals surface area contributed by atoms with Crippen molar-refractivity contribution in [2.24, 2.45) is 5.10 Å². The second-order valence-electron chi connectivity index (χ2n) is 7.60. The molecule has 0 radical (unpaired) electrons. The molecule has 1 heterocycles. The Morgan fingerprint density at radius 3 is 1.75 bits per heavy atom. The van der Waals surface area contributed by atoms with E-state index >= 15 is 0 Å². The smallest absolute Gasteiger partial charge is 0.370 e. The van der Waals surface area contributed by atoms with E-state index in [4.69, 9.17) is 22.8 Å². The van der Waals surface area contributed by atoms with E-state index < -0.39 is 26.0 Å². The maximum Gasteiger partial charge on any atom is 0.370 e. The Balaban J connectivity index is 1.91. The molecule has 10 nitrogen and oxygen atoms in total. The number of ether oxygens (including phenoxy) is 1. The standard InChI is InChI=1S/C24H32N2O8P2/c1-5-30-35(28,31-6-2)24(36(29,32-7-3)33-8-4)18-22(25-26-24)23(27)19-14-16-21(17-15-19)34-20-12-10-9-11-13-20/h9-17,26H,5-8,18H2,1-4H3. The predicted octanol–water partition coefficient (Wildman–Crippen LogP) is 6.20. The van der Waals surface area contributed by atoms with E-state index in [2.05, 4.69) is 10.5 Å². The number of nitrogens with zero attached hydrogens (tertiary/aromatic N) is 1. The lowest BCUT2D eigenvalue weighted by atomic mass is 10.1. The van der Waals surface area contributed by atoms with Crippen molar-refractivity contribution in [2.75, 3.05) is 26.4 Å². The average Bonchev–Trinajstić information content (AvgIpc) is 3.34. The number of carbonyl (C=O) groups is 1. The number of nitrogens with one attached hydrogen (secondary N) is 1. The van der Waals surface area contributed by atoms with E-state index in [0.717, 1.165) is 0 Å². The fraction of sp³-hybridized carbons (Fsp3) is 0.417. The summed E-state index contributed by atoms with van der Waals surface area (Å²) in [5.41, 5.74) is 2.96. The summed E-state index contributed by atoms with van der Waals surface area (Å²) in [6, 6.07) is 15.8. The number of rotatable bonds is 14. The topological polar surface area (TPSA) is 122 Å². The molecule has 0 fully saturated rings. The van der Waals surface area contributed by atoms with E-state index in [1.165, 1.54) is 0 Å². The van der Waals surface area contributed by atoms with Gasteiger partial charge in [-0.2, -0.15) is 5.10 Å². The van der Waals surface area contributed by atoms with E-state index in [1.54, 1.807) is 52.0 Å². The molecule has 0 spiro atoms. The highest BCUT2D eigenvalue weighted by molar-refractivity contribution is 7.74. The molecule has 36 heavy (non-hydrogen) atoms. The van der Waals surface area contributed by atoms with Gasteiger partial charge in [0.25, 0.3) is 5.02 Å². The molecule has 1 N–H and O–H groups in total. The number of hydrogen-bond acceptors (Lipinski definition) is 10.